The molecule has 6 heteroatoms. The molecular weight excluding hydrogens is 238 g/mol. The Kier molecular flexibility index (Phi) is 3.64. The molecule has 2 heterocycles. The number of fused-ring (bicyclic) bond motifs is 1. The standard InChI is InChI=1S/C12H21NO5/c1-6(2)15-11(14)10-9-8(7(5-13)16-10)17-12(3,4)18-9/h6-10H,5,13H2,1-4H3/t7-,8+,9+,10-/m1/s1. The van der Waals surface area contributed by atoms with Crippen LogP contribution in [0.1, 0.15) is 27.7 Å². The largest absolute Gasteiger partial charge is 0.461 e. The van der Waals surface area contributed by atoms with Gasteiger partial charge in [0.25, 0.3) is 0 Å². The van der Waals surface area contributed by atoms with Crippen LogP contribution in [0.25, 0.3) is 0 Å². The number of hydrogen-bond donors (Lipinski definition) is 1. The summed E-state index contributed by atoms with van der Waals surface area (Å²) < 4.78 is 22.2. The summed E-state index contributed by atoms with van der Waals surface area (Å²) in [5.41, 5.74) is 5.63. The van der Waals surface area contributed by atoms with Crippen molar-refractivity contribution in [1.82, 2.24) is 0 Å². The topological polar surface area (TPSA) is 80.0 Å². The summed E-state index contributed by atoms with van der Waals surface area (Å²) in [5, 5.41) is 0. The number of nitrogens with two attached hydrogens (primary N) is 1. The molecule has 0 aromatic carbocycles. The quantitative estimate of drug-likeness (QED) is 0.728. The van der Waals surface area contributed by atoms with Gasteiger partial charge >= 0.3 is 5.97 Å². The molecule has 2 rings (SSSR count). The monoisotopic (exact) mass is 259 g/mol. The first-order chi connectivity index (χ1) is 8.34. The summed E-state index contributed by atoms with van der Waals surface area (Å²) in [7, 11) is 0. The number of hydrogen-bond acceptors (Lipinski definition) is 6. The molecule has 0 radical (unpaired) electrons. The van der Waals surface area contributed by atoms with E-state index in [2.05, 4.69) is 0 Å². The summed E-state index contributed by atoms with van der Waals surface area (Å²) in [6, 6.07) is 0. The molecule has 0 amide bonds. The fraction of sp³-hybridized carbons (Fsp3) is 0.917. The summed E-state index contributed by atoms with van der Waals surface area (Å²) in [4.78, 5) is 11.9. The van der Waals surface area contributed by atoms with Crippen molar-refractivity contribution in [3.8, 4) is 0 Å². The second-order valence-corrected chi connectivity index (χ2v) is 5.38. The highest BCUT2D eigenvalue weighted by Gasteiger charge is 2.57. The highest BCUT2D eigenvalue weighted by atomic mass is 16.8. The smallest absolute Gasteiger partial charge is 0.338 e. The van der Waals surface area contributed by atoms with Crippen LogP contribution in [0.5, 0.6) is 0 Å². The van der Waals surface area contributed by atoms with Gasteiger partial charge in [-0.1, -0.05) is 0 Å². The van der Waals surface area contributed by atoms with Gasteiger partial charge in [-0.05, 0) is 27.7 Å². The third-order valence-electron chi connectivity index (χ3n) is 2.97. The van der Waals surface area contributed by atoms with E-state index in [1.165, 1.54) is 0 Å². The van der Waals surface area contributed by atoms with Gasteiger partial charge < -0.3 is 24.7 Å². The Labute approximate surface area is 107 Å². The highest BCUT2D eigenvalue weighted by Crippen LogP contribution is 2.38. The molecule has 2 aliphatic rings. The van der Waals surface area contributed by atoms with E-state index in [1.54, 1.807) is 13.8 Å². The van der Waals surface area contributed by atoms with Crippen molar-refractivity contribution in [2.45, 2.75) is 64.0 Å². The fourth-order valence-corrected chi connectivity index (χ4v) is 2.36. The van der Waals surface area contributed by atoms with Crippen molar-refractivity contribution >= 4 is 5.97 Å². The molecule has 0 bridgehead atoms. The minimum absolute atomic E-state index is 0.188. The molecule has 2 N–H and O–H groups in total. The summed E-state index contributed by atoms with van der Waals surface area (Å²) in [6.45, 7) is 7.49. The minimum atomic E-state index is -0.757. The maximum absolute atomic E-state index is 11.9. The van der Waals surface area contributed by atoms with Crippen molar-refractivity contribution in [2.24, 2.45) is 5.73 Å². The van der Waals surface area contributed by atoms with Gasteiger partial charge in [-0.2, -0.15) is 0 Å². The van der Waals surface area contributed by atoms with E-state index >= 15 is 0 Å². The van der Waals surface area contributed by atoms with Crippen molar-refractivity contribution in [1.29, 1.82) is 0 Å². The Hall–Kier alpha value is -0.690. The Morgan fingerprint density at radius 3 is 2.50 bits per heavy atom. The molecule has 6 nitrogen and oxygen atoms in total. The predicted molar refractivity (Wildman–Crippen MR) is 62.8 cm³/mol. The SMILES string of the molecule is CC(C)OC(=O)[C@@H]1O[C@H](CN)[C@@H]2OC(C)(C)O[C@@H]21. The van der Waals surface area contributed by atoms with Gasteiger partial charge in [0.15, 0.2) is 11.9 Å². The Morgan fingerprint density at radius 1 is 1.33 bits per heavy atom. The first kappa shape index (κ1) is 13.7. The molecule has 2 aliphatic heterocycles. The highest BCUT2D eigenvalue weighted by molar-refractivity contribution is 5.76. The molecule has 0 aromatic heterocycles. The summed E-state index contributed by atoms with van der Waals surface area (Å²) in [6.07, 6.45) is -2.03. The zero-order valence-corrected chi connectivity index (χ0v) is 11.2. The third-order valence-corrected chi connectivity index (χ3v) is 2.97. The number of esters is 1. The summed E-state index contributed by atoms with van der Waals surface area (Å²) in [5.74, 6) is -1.14. The van der Waals surface area contributed by atoms with Crippen molar-refractivity contribution in [3.05, 3.63) is 0 Å². The molecule has 18 heavy (non-hydrogen) atoms. The molecular formula is C12H21NO5. The van der Waals surface area contributed by atoms with Crippen molar-refractivity contribution in [3.63, 3.8) is 0 Å². The maximum atomic E-state index is 11.9. The lowest BCUT2D eigenvalue weighted by molar-refractivity contribution is -0.196. The second-order valence-electron chi connectivity index (χ2n) is 5.38. The maximum Gasteiger partial charge on any atom is 0.338 e. The van der Waals surface area contributed by atoms with Crippen molar-refractivity contribution < 1.29 is 23.7 Å². The van der Waals surface area contributed by atoms with Crippen LogP contribution in [0.3, 0.4) is 0 Å². The van der Waals surface area contributed by atoms with E-state index in [4.69, 9.17) is 24.7 Å². The Morgan fingerprint density at radius 2 is 1.94 bits per heavy atom. The lowest BCUT2D eigenvalue weighted by atomic mass is 10.1. The average Bonchev–Trinajstić information content (AvgIpc) is 2.69. The van der Waals surface area contributed by atoms with Gasteiger partial charge in [0.1, 0.15) is 12.2 Å². The van der Waals surface area contributed by atoms with E-state index < -0.39 is 24.0 Å². The van der Waals surface area contributed by atoms with Crippen LogP contribution < -0.4 is 5.73 Å². The molecule has 0 unspecified atom stereocenters. The molecule has 0 spiro atoms. The predicted octanol–water partition coefficient (Wildman–Crippen LogP) is 0.184. The van der Waals surface area contributed by atoms with E-state index in [1.807, 2.05) is 13.8 Å². The zero-order valence-electron chi connectivity index (χ0n) is 11.2. The normalized spacial score (nSPS) is 37.9. The van der Waals surface area contributed by atoms with Crippen LogP contribution in [0.15, 0.2) is 0 Å². The van der Waals surface area contributed by atoms with Gasteiger partial charge in [-0.15, -0.1) is 0 Å². The molecule has 0 aromatic rings. The molecule has 0 saturated carbocycles. The molecule has 2 saturated heterocycles. The van der Waals surface area contributed by atoms with E-state index in [-0.39, 0.29) is 24.9 Å². The zero-order chi connectivity index (χ0) is 13.5. The van der Waals surface area contributed by atoms with Gasteiger partial charge in [0, 0.05) is 6.54 Å². The number of carbonyl (C=O) groups is 1. The van der Waals surface area contributed by atoms with Gasteiger partial charge in [-0.3, -0.25) is 0 Å². The summed E-state index contributed by atoms with van der Waals surface area (Å²) >= 11 is 0. The number of rotatable bonds is 3. The second kappa shape index (κ2) is 4.77. The van der Waals surface area contributed by atoms with E-state index in [9.17, 15) is 4.79 Å². The lowest BCUT2D eigenvalue weighted by Gasteiger charge is -2.23. The van der Waals surface area contributed by atoms with E-state index in [0.717, 1.165) is 0 Å². The van der Waals surface area contributed by atoms with Gasteiger partial charge in [-0.25, -0.2) is 4.79 Å². The minimum Gasteiger partial charge on any atom is -0.461 e. The van der Waals surface area contributed by atoms with Crippen LogP contribution in [0.2, 0.25) is 0 Å². The van der Waals surface area contributed by atoms with Crippen molar-refractivity contribution in [2.75, 3.05) is 6.54 Å². The fourth-order valence-electron chi connectivity index (χ4n) is 2.36. The van der Waals surface area contributed by atoms with Gasteiger partial charge in [0.05, 0.1) is 12.2 Å². The number of carbonyl (C=O) groups excluding carboxylic acids is 1. The molecule has 2 fully saturated rings. The third kappa shape index (κ3) is 2.51. The van der Waals surface area contributed by atoms with E-state index in [0.29, 0.717) is 0 Å². The Balaban J connectivity index is 2.11. The number of ether oxygens (including phenoxy) is 4. The Bertz CT molecular complexity index is 330. The molecule has 0 aliphatic carbocycles. The van der Waals surface area contributed by atoms with Crippen LogP contribution in [0, 0.1) is 0 Å². The molecule has 104 valence electrons. The lowest BCUT2D eigenvalue weighted by Crippen LogP contribution is -2.37. The molecule has 4 atom stereocenters. The average molecular weight is 259 g/mol. The van der Waals surface area contributed by atoms with Crippen LogP contribution in [-0.2, 0) is 23.7 Å². The van der Waals surface area contributed by atoms with Gasteiger partial charge in [0.2, 0.25) is 0 Å². The van der Waals surface area contributed by atoms with Crippen LogP contribution in [-0.4, -0.2) is 48.8 Å². The first-order valence-corrected chi connectivity index (χ1v) is 6.25. The first-order valence-electron chi connectivity index (χ1n) is 6.25. The van der Waals surface area contributed by atoms with Crippen LogP contribution >= 0.6 is 0 Å². The van der Waals surface area contributed by atoms with Crippen LogP contribution in [0.4, 0.5) is 0 Å².